The summed E-state index contributed by atoms with van der Waals surface area (Å²) in [6, 6.07) is 3.37. The maximum atomic E-state index is 11.7. The molecule has 0 radical (unpaired) electrons. The second kappa shape index (κ2) is 5.83. The van der Waals surface area contributed by atoms with E-state index in [0.717, 1.165) is 11.8 Å². The van der Waals surface area contributed by atoms with Gasteiger partial charge in [-0.15, -0.1) is 11.3 Å². The molecule has 0 fully saturated rings. The molecule has 2 amide bonds. The van der Waals surface area contributed by atoms with E-state index in [1.807, 2.05) is 17.5 Å². The number of carboxylic acids is 1. The molecular formula is C11H16N2O4S. The van der Waals surface area contributed by atoms with E-state index in [-0.39, 0.29) is 6.54 Å². The lowest BCUT2D eigenvalue weighted by molar-refractivity contribution is -0.155. The minimum Gasteiger partial charge on any atom is -0.479 e. The van der Waals surface area contributed by atoms with Crippen molar-refractivity contribution in [2.75, 3.05) is 13.6 Å². The zero-order valence-corrected chi connectivity index (χ0v) is 11.0. The maximum absolute atomic E-state index is 11.7. The molecule has 3 N–H and O–H groups in total. The van der Waals surface area contributed by atoms with E-state index in [1.165, 1.54) is 16.2 Å². The van der Waals surface area contributed by atoms with Crippen molar-refractivity contribution in [3.8, 4) is 0 Å². The number of nitrogens with zero attached hydrogens (tertiary/aromatic N) is 1. The number of carboxylic acid groups (broad SMARTS) is 1. The van der Waals surface area contributed by atoms with Crippen molar-refractivity contribution < 1.29 is 19.8 Å². The van der Waals surface area contributed by atoms with Gasteiger partial charge in [0, 0.05) is 11.9 Å². The number of hydrogen-bond donors (Lipinski definition) is 3. The highest BCUT2D eigenvalue weighted by atomic mass is 32.1. The van der Waals surface area contributed by atoms with E-state index in [9.17, 15) is 14.7 Å². The number of hydrogen-bond acceptors (Lipinski definition) is 4. The van der Waals surface area contributed by atoms with Crippen LogP contribution >= 0.6 is 11.3 Å². The molecule has 0 saturated carbocycles. The Balaban J connectivity index is 2.43. The molecule has 1 aromatic rings. The number of urea groups is 1. The van der Waals surface area contributed by atoms with E-state index in [2.05, 4.69) is 5.32 Å². The van der Waals surface area contributed by atoms with Crippen LogP contribution in [0.15, 0.2) is 17.5 Å². The number of thiophene rings is 1. The molecule has 0 aliphatic rings. The Morgan fingerprint density at radius 1 is 1.56 bits per heavy atom. The molecule has 1 aromatic heterocycles. The van der Waals surface area contributed by atoms with Gasteiger partial charge in [-0.25, -0.2) is 9.59 Å². The van der Waals surface area contributed by atoms with Crippen LogP contribution in [0.4, 0.5) is 4.79 Å². The van der Waals surface area contributed by atoms with Crippen LogP contribution in [0.3, 0.4) is 0 Å². The van der Waals surface area contributed by atoms with E-state index >= 15 is 0 Å². The average molecular weight is 272 g/mol. The third kappa shape index (κ3) is 4.01. The van der Waals surface area contributed by atoms with Crippen LogP contribution in [-0.4, -0.2) is 46.3 Å². The van der Waals surface area contributed by atoms with Gasteiger partial charge in [0.2, 0.25) is 0 Å². The summed E-state index contributed by atoms with van der Waals surface area (Å²) in [5.41, 5.74) is -1.96. The molecular weight excluding hydrogens is 256 g/mol. The summed E-state index contributed by atoms with van der Waals surface area (Å²) < 4.78 is 0. The van der Waals surface area contributed by atoms with E-state index in [0.29, 0.717) is 6.54 Å². The number of aliphatic carboxylic acids is 1. The molecule has 0 bridgehead atoms. The first-order valence-corrected chi connectivity index (χ1v) is 6.18. The van der Waals surface area contributed by atoms with Gasteiger partial charge in [-0.2, -0.15) is 0 Å². The van der Waals surface area contributed by atoms with Crippen molar-refractivity contribution in [1.82, 2.24) is 10.2 Å². The highest BCUT2D eigenvalue weighted by molar-refractivity contribution is 7.09. The van der Waals surface area contributed by atoms with Crippen molar-refractivity contribution in [2.45, 2.75) is 19.1 Å². The first-order valence-electron chi connectivity index (χ1n) is 5.30. The van der Waals surface area contributed by atoms with Crippen molar-refractivity contribution in [3.63, 3.8) is 0 Å². The third-order valence-corrected chi connectivity index (χ3v) is 3.23. The Labute approximate surface area is 109 Å². The molecule has 0 aromatic carbocycles. The second-order valence-corrected chi connectivity index (χ2v) is 5.21. The van der Waals surface area contributed by atoms with Crippen molar-refractivity contribution >= 4 is 23.3 Å². The van der Waals surface area contributed by atoms with Crippen LogP contribution in [0.25, 0.3) is 0 Å². The first kappa shape index (κ1) is 14.5. The Morgan fingerprint density at radius 3 is 2.72 bits per heavy atom. The normalized spacial score (nSPS) is 13.7. The monoisotopic (exact) mass is 272 g/mol. The Bertz CT molecular complexity index is 417. The predicted molar refractivity (Wildman–Crippen MR) is 67.4 cm³/mol. The van der Waals surface area contributed by atoms with Gasteiger partial charge in [-0.3, -0.25) is 0 Å². The molecule has 100 valence electrons. The molecule has 1 atom stereocenters. The minimum atomic E-state index is -1.96. The van der Waals surface area contributed by atoms with Gasteiger partial charge in [-0.05, 0) is 18.4 Å². The largest absolute Gasteiger partial charge is 0.479 e. The van der Waals surface area contributed by atoms with E-state index in [4.69, 9.17) is 5.11 Å². The molecule has 6 nitrogen and oxygen atoms in total. The molecule has 0 aliphatic heterocycles. The second-order valence-electron chi connectivity index (χ2n) is 4.17. The van der Waals surface area contributed by atoms with Crippen molar-refractivity contribution in [3.05, 3.63) is 22.4 Å². The Kier molecular flexibility index (Phi) is 4.69. The number of nitrogens with one attached hydrogen (secondary N) is 1. The lowest BCUT2D eigenvalue weighted by Crippen LogP contribution is -2.49. The SMILES string of the molecule is CN(Cc1cccs1)C(=O)NCC(C)(O)C(=O)O. The average Bonchev–Trinajstić information content (AvgIpc) is 2.78. The fraction of sp³-hybridized carbons (Fsp3) is 0.455. The van der Waals surface area contributed by atoms with Crippen LogP contribution in [0.5, 0.6) is 0 Å². The summed E-state index contributed by atoms with van der Waals surface area (Å²) in [5, 5.41) is 22.4. The topological polar surface area (TPSA) is 89.9 Å². The summed E-state index contributed by atoms with van der Waals surface area (Å²) >= 11 is 1.53. The Hall–Kier alpha value is -1.60. The lowest BCUT2D eigenvalue weighted by Gasteiger charge is -2.22. The van der Waals surface area contributed by atoms with Gasteiger partial charge >= 0.3 is 12.0 Å². The van der Waals surface area contributed by atoms with Crippen LogP contribution in [0.1, 0.15) is 11.8 Å². The van der Waals surface area contributed by atoms with Gasteiger partial charge in [-0.1, -0.05) is 6.07 Å². The highest BCUT2D eigenvalue weighted by Crippen LogP contribution is 2.10. The van der Waals surface area contributed by atoms with Gasteiger partial charge < -0.3 is 20.4 Å². The molecule has 1 rings (SSSR count). The predicted octanol–water partition coefficient (Wildman–Crippen LogP) is 0.725. The van der Waals surface area contributed by atoms with Crippen LogP contribution < -0.4 is 5.32 Å². The van der Waals surface area contributed by atoms with Gasteiger partial charge in [0.25, 0.3) is 0 Å². The van der Waals surface area contributed by atoms with Crippen LogP contribution in [-0.2, 0) is 11.3 Å². The molecule has 0 saturated heterocycles. The number of amides is 2. The summed E-state index contributed by atoms with van der Waals surface area (Å²) in [5.74, 6) is -1.37. The highest BCUT2D eigenvalue weighted by Gasteiger charge is 2.30. The summed E-state index contributed by atoms with van der Waals surface area (Å²) in [4.78, 5) is 24.7. The van der Waals surface area contributed by atoms with Gasteiger partial charge in [0.15, 0.2) is 5.60 Å². The third-order valence-electron chi connectivity index (χ3n) is 2.36. The summed E-state index contributed by atoms with van der Waals surface area (Å²) in [7, 11) is 1.60. The molecule has 18 heavy (non-hydrogen) atoms. The number of rotatable bonds is 5. The molecule has 7 heteroatoms. The fourth-order valence-electron chi connectivity index (χ4n) is 1.17. The standard InChI is InChI=1S/C11H16N2O4S/c1-11(17,9(14)15)7-12-10(16)13(2)6-8-4-3-5-18-8/h3-5,17H,6-7H2,1-2H3,(H,12,16)(H,14,15). The summed E-state index contributed by atoms with van der Waals surface area (Å²) in [6.07, 6.45) is 0. The van der Waals surface area contributed by atoms with Crippen molar-refractivity contribution in [1.29, 1.82) is 0 Å². The Morgan fingerprint density at radius 2 is 2.22 bits per heavy atom. The maximum Gasteiger partial charge on any atom is 0.337 e. The zero-order valence-electron chi connectivity index (χ0n) is 10.2. The number of carbonyl (C=O) groups excluding carboxylic acids is 1. The van der Waals surface area contributed by atoms with Gasteiger partial charge in [0.1, 0.15) is 0 Å². The summed E-state index contributed by atoms with van der Waals surface area (Å²) in [6.45, 7) is 1.24. The zero-order chi connectivity index (χ0) is 13.8. The number of aliphatic hydroxyl groups is 1. The minimum absolute atomic E-state index is 0.337. The van der Waals surface area contributed by atoms with Crippen molar-refractivity contribution in [2.24, 2.45) is 0 Å². The molecule has 1 heterocycles. The first-order chi connectivity index (χ1) is 8.33. The smallest absolute Gasteiger partial charge is 0.337 e. The fourth-order valence-corrected chi connectivity index (χ4v) is 1.92. The van der Waals surface area contributed by atoms with E-state index < -0.39 is 17.6 Å². The lowest BCUT2D eigenvalue weighted by atomic mass is 10.1. The number of carbonyl (C=O) groups is 2. The van der Waals surface area contributed by atoms with Gasteiger partial charge in [0.05, 0.1) is 13.1 Å². The molecule has 0 aliphatic carbocycles. The van der Waals surface area contributed by atoms with Crippen LogP contribution in [0.2, 0.25) is 0 Å². The molecule has 0 spiro atoms. The quantitative estimate of drug-likeness (QED) is 0.737. The van der Waals surface area contributed by atoms with E-state index in [1.54, 1.807) is 7.05 Å². The molecule has 1 unspecified atom stereocenters. The van der Waals surface area contributed by atoms with Crippen LogP contribution in [0, 0.1) is 0 Å².